The SMILES string of the molecule is O=C(Cc1ccc(Br)c2ccccc12)NN=Cc1ccc(Cl)cc1. The van der Waals surface area contributed by atoms with Crippen LogP contribution in [-0.2, 0) is 11.2 Å². The van der Waals surface area contributed by atoms with E-state index in [9.17, 15) is 4.79 Å². The predicted molar refractivity (Wildman–Crippen MR) is 103 cm³/mol. The molecule has 0 saturated heterocycles. The van der Waals surface area contributed by atoms with Crippen LogP contribution >= 0.6 is 27.5 Å². The lowest BCUT2D eigenvalue weighted by atomic mass is 10.0. The Morgan fingerprint density at radius 1 is 1.04 bits per heavy atom. The molecule has 0 fully saturated rings. The van der Waals surface area contributed by atoms with E-state index in [4.69, 9.17) is 11.6 Å². The standard InChI is InChI=1S/C19H14BrClN2O/c20-18-10-7-14(16-3-1-2-4-17(16)18)11-19(24)23-22-12-13-5-8-15(21)9-6-13/h1-10,12H,11H2,(H,23,24). The molecule has 1 N–H and O–H groups in total. The molecule has 0 aliphatic carbocycles. The summed E-state index contributed by atoms with van der Waals surface area (Å²) in [6.07, 6.45) is 1.86. The van der Waals surface area contributed by atoms with E-state index >= 15 is 0 Å². The molecule has 3 aromatic carbocycles. The van der Waals surface area contributed by atoms with Crippen molar-refractivity contribution in [2.75, 3.05) is 0 Å². The van der Waals surface area contributed by atoms with Gasteiger partial charge >= 0.3 is 0 Å². The maximum atomic E-state index is 12.1. The highest BCUT2D eigenvalue weighted by Crippen LogP contribution is 2.27. The molecule has 0 aliphatic rings. The van der Waals surface area contributed by atoms with Crippen molar-refractivity contribution in [1.82, 2.24) is 5.43 Å². The molecule has 3 aromatic rings. The molecule has 24 heavy (non-hydrogen) atoms. The minimum atomic E-state index is -0.160. The van der Waals surface area contributed by atoms with E-state index in [1.54, 1.807) is 18.3 Å². The van der Waals surface area contributed by atoms with Gasteiger partial charge in [-0.15, -0.1) is 0 Å². The average Bonchev–Trinajstić information content (AvgIpc) is 2.59. The van der Waals surface area contributed by atoms with Crippen LogP contribution in [0.1, 0.15) is 11.1 Å². The first-order chi connectivity index (χ1) is 11.6. The normalized spacial score (nSPS) is 11.1. The lowest BCUT2D eigenvalue weighted by Gasteiger charge is -2.07. The lowest BCUT2D eigenvalue weighted by Crippen LogP contribution is -2.19. The van der Waals surface area contributed by atoms with E-state index < -0.39 is 0 Å². The largest absolute Gasteiger partial charge is 0.273 e. The number of carbonyl (C=O) groups is 1. The van der Waals surface area contributed by atoms with Crippen molar-refractivity contribution in [3.63, 3.8) is 0 Å². The Balaban J connectivity index is 1.69. The molecule has 0 radical (unpaired) electrons. The van der Waals surface area contributed by atoms with Crippen molar-refractivity contribution in [1.29, 1.82) is 0 Å². The monoisotopic (exact) mass is 400 g/mol. The van der Waals surface area contributed by atoms with Gasteiger partial charge in [0.2, 0.25) is 5.91 Å². The number of amides is 1. The molecular formula is C19H14BrClN2O. The molecule has 0 aliphatic heterocycles. The van der Waals surface area contributed by atoms with Crippen LogP contribution in [0.2, 0.25) is 5.02 Å². The number of hydrogen-bond donors (Lipinski definition) is 1. The van der Waals surface area contributed by atoms with Crippen LogP contribution in [0.4, 0.5) is 0 Å². The van der Waals surface area contributed by atoms with Crippen molar-refractivity contribution in [2.24, 2.45) is 5.10 Å². The van der Waals surface area contributed by atoms with Crippen LogP contribution in [0.25, 0.3) is 10.8 Å². The molecule has 0 aromatic heterocycles. The summed E-state index contributed by atoms with van der Waals surface area (Å²) in [5.41, 5.74) is 4.39. The molecule has 3 nitrogen and oxygen atoms in total. The summed E-state index contributed by atoms with van der Waals surface area (Å²) in [7, 11) is 0. The molecule has 0 saturated carbocycles. The Morgan fingerprint density at radius 3 is 2.50 bits per heavy atom. The lowest BCUT2D eigenvalue weighted by molar-refractivity contribution is -0.120. The van der Waals surface area contributed by atoms with Crippen LogP contribution in [0.3, 0.4) is 0 Å². The van der Waals surface area contributed by atoms with Crippen molar-refractivity contribution in [3.8, 4) is 0 Å². The number of fused-ring (bicyclic) bond motifs is 1. The Bertz CT molecular complexity index is 907. The van der Waals surface area contributed by atoms with E-state index in [0.717, 1.165) is 26.4 Å². The first kappa shape index (κ1) is 16.7. The van der Waals surface area contributed by atoms with Gasteiger partial charge in [0.15, 0.2) is 0 Å². The number of hydrazone groups is 1. The fraction of sp³-hybridized carbons (Fsp3) is 0.0526. The predicted octanol–water partition coefficient (Wildman–Crippen LogP) is 4.95. The zero-order valence-corrected chi connectivity index (χ0v) is 15.0. The third-order valence-electron chi connectivity index (χ3n) is 3.59. The van der Waals surface area contributed by atoms with Gasteiger partial charge in [0, 0.05) is 9.50 Å². The highest BCUT2D eigenvalue weighted by Gasteiger charge is 2.08. The summed E-state index contributed by atoms with van der Waals surface area (Å²) < 4.78 is 1.02. The van der Waals surface area contributed by atoms with Gasteiger partial charge in [0.25, 0.3) is 0 Å². The zero-order valence-electron chi connectivity index (χ0n) is 12.7. The number of rotatable bonds is 4. The van der Waals surface area contributed by atoms with Crippen LogP contribution in [-0.4, -0.2) is 12.1 Å². The second-order valence-corrected chi connectivity index (χ2v) is 6.56. The van der Waals surface area contributed by atoms with Gasteiger partial charge in [-0.05, 0) is 40.1 Å². The maximum Gasteiger partial charge on any atom is 0.244 e. The van der Waals surface area contributed by atoms with Gasteiger partial charge in [-0.3, -0.25) is 4.79 Å². The van der Waals surface area contributed by atoms with Crippen LogP contribution in [0.5, 0.6) is 0 Å². The Kier molecular flexibility index (Phi) is 5.28. The van der Waals surface area contributed by atoms with Crippen molar-refractivity contribution in [3.05, 3.63) is 81.3 Å². The second kappa shape index (κ2) is 7.60. The highest BCUT2D eigenvalue weighted by molar-refractivity contribution is 9.10. The minimum Gasteiger partial charge on any atom is -0.273 e. The van der Waals surface area contributed by atoms with Gasteiger partial charge < -0.3 is 0 Å². The molecule has 1 amide bonds. The Morgan fingerprint density at radius 2 is 1.75 bits per heavy atom. The molecule has 0 bridgehead atoms. The van der Waals surface area contributed by atoms with Crippen molar-refractivity contribution in [2.45, 2.75) is 6.42 Å². The number of benzene rings is 3. The molecule has 0 heterocycles. The summed E-state index contributed by atoms with van der Waals surface area (Å²) >= 11 is 9.36. The van der Waals surface area contributed by atoms with E-state index in [1.807, 2.05) is 48.5 Å². The molecule has 5 heteroatoms. The van der Waals surface area contributed by atoms with E-state index in [1.165, 1.54) is 0 Å². The van der Waals surface area contributed by atoms with Gasteiger partial charge in [0.1, 0.15) is 0 Å². The molecular weight excluding hydrogens is 388 g/mol. The van der Waals surface area contributed by atoms with Gasteiger partial charge in [-0.1, -0.05) is 70.0 Å². The first-order valence-electron chi connectivity index (χ1n) is 7.37. The molecule has 3 rings (SSSR count). The summed E-state index contributed by atoms with van der Waals surface area (Å²) in [4.78, 5) is 12.1. The molecule has 0 unspecified atom stereocenters. The molecule has 120 valence electrons. The number of halogens is 2. The Hall–Kier alpha value is -2.17. The van der Waals surface area contributed by atoms with Gasteiger partial charge in [-0.25, -0.2) is 5.43 Å². The van der Waals surface area contributed by atoms with Crippen LogP contribution < -0.4 is 5.43 Å². The summed E-state index contributed by atoms with van der Waals surface area (Å²) in [6.45, 7) is 0. The maximum absolute atomic E-state index is 12.1. The fourth-order valence-electron chi connectivity index (χ4n) is 2.42. The topological polar surface area (TPSA) is 41.5 Å². The van der Waals surface area contributed by atoms with Crippen molar-refractivity contribution < 1.29 is 4.79 Å². The van der Waals surface area contributed by atoms with Gasteiger partial charge in [-0.2, -0.15) is 5.10 Å². The zero-order chi connectivity index (χ0) is 16.9. The molecule has 0 atom stereocenters. The van der Waals surface area contributed by atoms with E-state index in [0.29, 0.717) is 5.02 Å². The first-order valence-corrected chi connectivity index (χ1v) is 8.54. The summed E-state index contributed by atoms with van der Waals surface area (Å²) in [5, 5.41) is 6.80. The van der Waals surface area contributed by atoms with E-state index in [2.05, 4.69) is 26.5 Å². The molecule has 0 spiro atoms. The van der Waals surface area contributed by atoms with Gasteiger partial charge in [0.05, 0.1) is 12.6 Å². The van der Waals surface area contributed by atoms with Crippen LogP contribution in [0, 0.1) is 0 Å². The fourth-order valence-corrected chi connectivity index (χ4v) is 3.02. The minimum absolute atomic E-state index is 0.160. The third-order valence-corrected chi connectivity index (χ3v) is 4.53. The third kappa shape index (κ3) is 4.02. The van der Waals surface area contributed by atoms with E-state index in [-0.39, 0.29) is 12.3 Å². The Labute approximate surface area is 153 Å². The quantitative estimate of drug-likeness (QED) is 0.488. The number of nitrogens with one attached hydrogen (secondary N) is 1. The number of carbonyl (C=O) groups excluding carboxylic acids is 1. The van der Waals surface area contributed by atoms with Crippen LogP contribution in [0.15, 0.2) is 70.2 Å². The number of hydrogen-bond acceptors (Lipinski definition) is 2. The number of nitrogens with zero attached hydrogens (tertiary/aromatic N) is 1. The van der Waals surface area contributed by atoms with Crippen molar-refractivity contribution >= 4 is 50.4 Å². The smallest absolute Gasteiger partial charge is 0.244 e. The second-order valence-electron chi connectivity index (χ2n) is 5.27. The summed E-state index contributed by atoms with van der Waals surface area (Å²) in [5.74, 6) is -0.160. The highest BCUT2D eigenvalue weighted by atomic mass is 79.9. The average molecular weight is 402 g/mol. The summed E-state index contributed by atoms with van der Waals surface area (Å²) in [6, 6.07) is 19.1.